The summed E-state index contributed by atoms with van der Waals surface area (Å²) in [6.45, 7) is 4.03. The number of halogens is 3. The fourth-order valence-corrected chi connectivity index (χ4v) is 2.69. The maximum Gasteiger partial charge on any atom is 0.416 e. The molecule has 0 aliphatic rings. The van der Waals surface area contributed by atoms with Crippen molar-refractivity contribution in [3.05, 3.63) is 53.6 Å². The fraction of sp³-hybridized carbons (Fsp3) is 0.316. The van der Waals surface area contributed by atoms with Crippen LogP contribution in [0.4, 0.5) is 30.2 Å². The summed E-state index contributed by atoms with van der Waals surface area (Å²) < 4.78 is 39.6. The Labute approximate surface area is 156 Å². The van der Waals surface area contributed by atoms with Crippen LogP contribution in [0.2, 0.25) is 0 Å². The SMILES string of the molecule is CCC(C)Cc1cc(NC(=S)Nc2ccc(N)cc2)cc(C(F)(F)F)c1. The first kappa shape index (κ1) is 20.0. The summed E-state index contributed by atoms with van der Waals surface area (Å²) in [6, 6.07) is 10.9. The maximum atomic E-state index is 13.2. The zero-order valence-electron chi connectivity index (χ0n) is 14.7. The molecule has 4 N–H and O–H groups in total. The Kier molecular flexibility index (Phi) is 6.47. The van der Waals surface area contributed by atoms with Crippen molar-refractivity contribution in [3.8, 4) is 0 Å². The van der Waals surface area contributed by atoms with E-state index in [4.69, 9.17) is 18.0 Å². The average Bonchev–Trinajstić information content (AvgIpc) is 2.55. The molecule has 0 aliphatic carbocycles. The number of nitrogens with one attached hydrogen (secondary N) is 2. The fourth-order valence-electron chi connectivity index (χ4n) is 2.45. The molecule has 0 saturated carbocycles. The van der Waals surface area contributed by atoms with Crippen LogP contribution in [-0.4, -0.2) is 5.11 Å². The van der Waals surface area contributed by atoms with E-state index in [1.54, 1.807) is 30.3 Å². The molecule has 0 bridgehead atoms. The molecule has 140 valence electrons. The van der Waals surface area contributed by atoms with E-state index >= 15 is 0 Å². The minimum absolute atomic E-state index is 0.212. The molecule has 0 amide bonds. The summed E-state index contributed by atoms with van der Waals surface area (Å²) in [4.78, 5) is 0. The first-order valence-corrected chi connectivity index (χ1v) is 8.73. The van der Waals surface area contributed by atoms with E-state index in [1.165, 1.54) is 6.07 Å². The van der Waals surface area contributed by atoms with Crippen LogP contribution in [0.3, 0.4) is 0 Å². The van der Waals surface area contributed by atoms with Crippen molar-refractivity contribution in [2.75, 3.05) is 16.4 Å². The molecule has 0 aliphatic heterocycles. The number of hydrogen-bond acceptors (Lipinski definition) is 2. The predicted octanol–water partition coefficient (Wildman–Crippen LogP) is 5.69. The molecule has 0 aromatic heterocycles. The highest BCUT2D eigenvalue weighted by Gasteiger charge is 2.31. The van der Waals surface area contributed by atoms with Gasteiger partial charge in [0.25, 0.3) is 0 Å². The Hall–Kier alpha value is -2.28. The van der Waals surface area contributed by atoms with Gasteiger partial charge < -0.3 is 16.4 Å². The van der Waals surface area contributed by atoms with Crippen LogP contribution >= 0.6 is 12.2 Å². The second kappa shape index (κ2) is 8.40. The number of thiocarbonyl (C=S) groups is 1. The third-order valence-corrected chi connectivity index (χ3v) is 4.23. The third kappa shape index (κ3) is 5.91. The zero-order valence-corrected chi connectivity index (χ0v) is 15.5. The van der Waals surface area contributed by atoms with Crippen molar-refractivity contribution in [1.29, 1.82) is 0 Å². The lowest BCUT2D eigenvalue weighted by molar-refractivity contribution is -0.137. The number of nitrogens with two attached hydrogens (primary N) is 1. The lowest BCUT2D eigenvalue weighted by Gasteiger charge is -2.16. The second-order valence-electron chi connectivity index (χ2n) is 6.34. The molecule has 3 nitrogen and oxygen atoms in total. The molecule has 26 heavy (non-hydrogen) atoms. The van der Waals surface area contributed by atoms with Gasteiger partial charge in [0, 0.05) is 17.1 Å². The van der Waals surface area contributed by atoms with Gasteiger partial charge in [-0.1, -0.05) is 20.3 Å². The number of alkyl halides is 3. The first-order valence-electron chi connectivity index (χ1n) is 8.32. The van der Waals surface area contributed by atoms with Gasteiger partial charge in [-0.2, -0.15) is 13.2 Å². The molecule has 2 aromatic carbocycles. The largest absolute Gasteiger partial charge is 0.416 e. The zero-order chi connectivity index (χ0) is 19.3. The first-order chi connectivity index (χ1) is 12.2. The van der Waals surface area contributed by atoms with E-state index in [0.717, 1.165) is 12.5 Å². The Morgan fingerprint density at radius 3 is 2.27 bits per heavy atom. The highest BCUT2D eigenvalue weighted by molar-refractivity contribution is 7.80. The predicted molar refractivity (Wildman–Crippen MR) is 105 cm³/mol. The standard InChI is InChI=1S/C19H22F3N3S/c1-3-12(2)8-13-9-14(19(20,21)22)11-17(10-13)25-18(26)24-16-6-4-15(23)5-7-16/h4-7,9-12H,3,8,23H2,1-2H3,(H2,24,25,26). The minimum Gasteiger partial charge on any atom is -0.399 e. The highest BCUT2D eigenvalue weighted by atomic mass is 32.1. The van der Waals surface area contributed by atoms with Crippen molar-refractivity contribution < 1.29 is 13.2 Å². The molecule has 2 aromatic rings. The number of anilines is 3. The van der Waals surface area contributed by atoms with Gasteiger partial charge in [0.15, 0.2) is 5.11 Å². The molecule has 1 unspecified atom stereocenters. The molecule has 0 heterocycles. The van der Waals surface area contributed by atoms with E-state index in [-0.39, 0.29) is 5.11 Å². The Morgan fingerprint density at radius 1 is 1.08 bits per heavy atom. The normalized spacial score (nSPS) is 12.5. The van der Waals surface area contributed by atoms with Crippen molar-refractivity contribution in [1.82, 2.24) is 0 Å². The van der Waals surface area contributed by atoms with Crippen molar-refractivity contribution >= 4 is 34.4 Å². The van der Waals surface area contributed by atoms with Gasteiger partial charge in [0.2, 0.25) is 0 Å². The van der Waals surface area contributed by atoms with Crippen LogP contribution < -0.4 is 16.4 Å². The van der Waals surface area contributed by atoms with Crippen LogP contribution in [-0.2, 0) is 12.6 Å². The van der Waals surface area contributed by atoms with Gasteiger partial charge >= 0.3 is 6.18 Å². The van der Waals surface area contributed by atoms with E-state index in [1.807, 2.05) is 13.8 Å². The van der Waals surface area contributed by atoms with E-state index in [0.29, 0.717) is 35.0 Å². The van der Waals surface area contributed by atoms with Crippen LogP contribution in [0, 0.1) is 5.92 Å². The molecule has 1 atom stereocenters. The van der Waals surface area contributed by atoms with Crippen molar-refractivity contribution in [2.24, 2.45) is 5.92 Å². The third-order valence-electron chi connectivity index (χ3n) is 4.03. The second-order valence-corrected chi connectivity index (χ2v) is 6.74. The topological polar surface area (TPSA) is 50.1 Å². The molecule has 0 saturated heterocycles. The quantitative estimate of drug-likeness (QED) is 0.460. The summed E-state index contributed by atoms with van der Waals surface area (Å²) in [7, 11) is 0. The summed E-state index contributed by atoms with van der Waals surface area (Å²) in [6.07, 6.45) is -2.93. The lowest BCUT2D eigenvalue weighted by Crippen LogP contribution is -2.20. The minimum atomic E-state index is -4.41. The van der Waals surface area contributed by atoms with Crippen molar-refractivity contribution in [3.63, 3.8) is 0 Å². The van der Waals surface area contributed by atoms with Crippen molar-refractivity contribution in [2.45, 2.75) is 32.9 Å². The molecule has 7 heteroatoms. The van der Waals surface area contributed by atoms with Gasteiger partial charge in [-0.3, -0.25) is 0 Å². The summed E-state index contributed by atoms with van der Waals surface area (Å²) in [5.74, 6) is 0.297. The Morgan fingerprint density at radius 2 is 1.69 bits per heavy atom. The molecule has 0 radical (unpaired) electrons. The van der Waals surface area contributed by atoms with Gasteiger partial charge in [-0.15, -0.1) is 0 Å². The van der Waals surface area contributed by atoms with Crippen LogP contribution in [0.5, 0.6) is 0 Å². The molecular formula is C19H22F3N3S. The average molecular weight is 381 g/mol. The molecule has 2 rings (SSSR count). The molecular weight excluding hydrogens is 359 g/mol. The lowest BCUT2D eigenvalue weighted by atomic mass is 9.97. The van der Waals surface area contributed by atoms with E-state index in [9.17, 15) is 13.2 Å². The van der Waals surface area contributed by atoms with Gasteiger partial charge in [-0.05, 0) is 72.6 Å². The van der Waals surface area contributed by atoms with Gasteiger partial charge in [-0.25, -0.2) is 0 Å². The molecule has 0 spiro atoms. The van der Waals surface area contributed by atoms with E-state index < -0.39 is 11.7 Å². The summed E-state index contributed by atoms with van der Waals surface area (Å²) in [5, 5.41) is 5.98. The maximum absolute atomic E-state index is 13.2. The number of rotatable bonds is 5. The van der Waals surface area contributed by atoms with Crippen LogP contribution in [0.1, 0.15) is 31.4 Å². The highest BCUT2D eigenvalue weighted by Crippen LogP contribution is 2.32. The molecule has 0 fully saturated rings. The van der Waals surface area contributed by atoms with Crippen LogP contribution in [0.25, 0.3) is 0 Å². The number of hydrogen-bond donors (Lipinski definition) is 3. The van der Waals surface area contributed by atoms with Crippen LogP contribution in [0.15, 0.2) is 42.5 Å². The summed E-state index contributed by atoms with van der Waals surface area (Å²) in [5.41, 5.74) is 7.19. The summed E-state index contributed by atoms with van der Waals surface area (Å²) >= 11 is 5.21. The monoisotopic (exact) mass is 381 g/mol. The smallest absolute Gasteiger partial charge is 0.399 e. The number of benzene rings is 2. The van der Waals surface area contributed by atoms with Gasteiger partial charge in [0.1, 0.15) is 0 Å². The van der Waals surface area contributed by atoms with E-state index in [2.05, 4.69) is 10.6 Å². The Balaban J connectivity index is 2.19. The Bertz CT molecular complexity index is 758. The van der Waals surface area contributed by atoms with Gasteiger partial charge in [0.05, 0.1) is 5.56 Å². The number of nitrogen functional groups attached to an aromatic ring is 1.